The third-order valence-electron chi connectivity index (χ3n) is 5.32. The minimum atomic E-state index is -0.573. The monoisotopic (exact) mass is 512 g/mol. The van der Waals surface area contributed by atoms with E-state index in [0.717, 1.165) is 11.3 Å². The van der Waals surface area contributed by atoms with Gasteiger partial charge in [0.05, 0.1) is 5.02 Å². The van der Waals surface area contributed by atoms with Gasteiger partial charge in [-0.1, -0.05) is 65.3 Å². The van der Waals surface area contributed by atoms with Gasteiger partial charge in [-0.15, -0.1) is 10.2 Å². The van der Waals surface area contributed by atoms with Gasteiger partial charge in [0.2, 0.25) is 6.54 Å². The molecule has 4 rings (SSSR count). The van der Waals surface area contributed by atoms with Gasteiger partial charge in [0.1, 0.15) is 29.2 Å². The number of nitrogens with zero attached hydrogens (tertiary/aromatic N) is 4. The summed E-state index contributed by atoms with van der Waals surface area (Å²) in [6, 6.07) is 19.2. The second-order valence-electron chi connectivity index (χ2n) is 7.89. The molecule has 0 aliphatic rings. The number of benzene rings is 3. The number of ether oxygens (including phenoxy) is 1. The second kappa shape index (κ2) is 10.9. The maximum atomic E-state index is 13.9. The maximum Gasteiger partial charge on any atom is 0.220 e. The Hall–Kier alpha value is -3.43. The lowest BCUT2D eigenvalue weighted by atomic mass is 10.1. The topological polar surface area (TPSA) is 83.1 Å². The highest BCUT2D eigenvalue weighted by atomic mass is 35.5. The molecule has 7 nitrogen and oxygen atoms in total. The predicted molar refractivity (Wildman–Crippen MR) is 133 cm³/mol. The van der Waals surface area contributed by atoms with E-state index < -0.39 is 5.25 Å². The van der Waals surface area contributed by atoms with Gasteiger partial charge in [-0.05, 0) is 49.7 Å². The van der Waals surface area contributed by atoms with Crippen LogP contribution in [-0.2, 0) is 6.61 Å². The summed E-state index contributed by atoms with van der Waals surface area (Å²) in [6.07, 6.45) is 0. The first-order chi connectivity index (χ1) is 16.8. The van der Waals surface area contributed by atoms with Crippen molar-refractivity contribution in [3.05, 3.63) is 110 Å². The fourth-order valence-electron chi connectivity index (χ4n) is 3.49. The Bertz CT molecular complexity index is 1350. The van der Waals surface area contributed by atoms with Crippen molar-refractivity contribution in [1.29, 1.82) is 0 Å². The van der Waals surface area contributed by atoms with Crippen LogP contribution in [0.5, 0.6) is 5.75 Å². The zero-order valence-corrected chi connectivity index (χ0v) is 20.6. The van der Waals surface area contributed by atoms with Crippen molar-refractivity contribution in [1.82, 2.24) is 14.8 Å². The average Bonchev–Trinajstić information content (AvgIpc) is 3.19. The largest absolute Gasteiger partial charge is 0.487 e. The molecule has 0 spiro atoms. The number of hydrogen-bond donors (Lipinski definition) is 0. The normalized spacial score (nSPS) is 11.9. The van der Waals surface area contributed by atoms with Crippen LogP contribution in [0.25, 0.3) is 5.69 Å². The summed E-state index contributed by atoms with van der Waals surface area (Å²) < 4.78 is 21.4. The van der Waals surface area contributed by atoms with Gasteiger partial charge in [0, 0.05) is 16.2 Å². The molecule has 1 aromatic heterocycles. The van der Waals surface area contributed by atoms with Crippen LogP contribution in [0.1, 0.15) is 27.8 Å². The number of aromatic nitrogens is 3. The minimum Gasteiger partial charge on any atom is -0.487 e. The van der Waals surface area contributed by atoms with Crippen molar-refractivity contribution in [3.8, 4) is 11.4 Å². The molecule has 10 heteroatoms. The second-order valence-corrected chi connectivity index (χ2v) is 9.47. The molecule has 0 N–H and O–H groups in total. The van der Waals surface area contributed by atoms with E-state index in [2.05, 4.69) is 10.2 Å². The molecule has 0 aliphatic carbocycles. The van der Waals surface area contributed by atoms with Crippen LogP contribution in [0, 0.1) is 29.8 Å². The molecule has 3 aromatic carbocycles. The van der Waals surface area contributed by atoms with Crippen LogP contribution in [0.4, 0.5) is 4.39 Å². The molecule has 0 unspecified atom stereocenters. The molecular formula is C25H22ClFN4O3S. The number of thioether (sulfide) groups is 1. The summed E-state index contributed by atoms with van der Waals surface area (Å²) >= 11 is 7.68. The van der Waals surface area contributed by atoms with Crippen LogP contribution in [0.2, 0.25) is 5.02 Å². The average molecular weight is 513 g/mol. The molecule has 0 amide bonds. The third-order valence-corrected chi connectivity index (χ3v) is 6.79. The van der Waals surface area contributed by atoms with E-state index in [4.69, 9.17) is 16.3 Å². The first kappa shape index (κ1) is 24.7. The lowest BCUT2D eigenvalue weighted by Crippen LogP contribution is -2.11. The zero-order valence-electron chi connectivity index (χ0n) is 19.0. The van der Waals surface area contributed by atoms with E-state index in [0.29, 0.717) is 27.9 Å². The first-order valence-electron chi connectivity index (χ1n) is 10.7. The van der Waals surface area contributed by atoms with Gasteiger partial charge >= 0.3 is 0 Å². The van der Waals surface area contributed by atoms with E-state index in [9.17, 15) is 14.5 Å². The van der Waals surface area contributed by atoms with E-state index in [1.807, 2.05) is 42.7 Å². The SMILES string of the molecule is Cc1ccc(-n2c(C)nnc2S[C@@H](C[N+](=O)[O-])c2ccc(OCc3ccccc3F)c(Cl)c2)cc1. The standard InChI is InChI=1S/C25H22ClFN4O3S/c1-16-7-10-20(11-8-16)31-17(2)28-29-25(31)35-24(14-30(32)33)18-9-12-23(21(26)13-18)34-15-19-5-3-4-6-22(19)27/h3-13,24H,14-15H2,1-2H3/t24-/m0/s1. The number of hydrogen-bond acceptors (Lipinski definition) is 6. The van der Waals surface area contributed by atoms with E-state index in [1.165, 1.54) is 17.8 Å². The Morgan fingerprint density at radius 2 is 1.86 bits per heavy atom. The summed E-state index contributed by atoms with van der Waals surface area (Å²) in [5, 5.41) is 20.2. The highest BCUT2D eigenvalue weighted by molar-refractivity contribution is 7.99. The molecule has 1 atom stereocenters. The number of aryl methyl sites for hydroxylation is 2. The van der Waals surface area contributed by atoms with Gasteiger partial charge in [0.15, 0.2) is 5.16 Å². The third kappa shape index (κ3) is 5.98. The lowest BCUT2D eigenvalue weighted by molar-refractivity contribution is -0.479. The first-order valence-corrected chi connectivity index (χ1v) is 12.0. The molecule has 0 aliphatic heterocycles. The quantitative estimate of drug-likeness (QED) is 0.147. The van der Waals surface area contributed by atoms with Crippen molar-refractivity contribution in [2.45, 2.75) is 30.9 Å². The molecule has 0 fully saturated rings. The summed E-state index contributed by atoms with van der Waals surface area (Å²) in [4.78, 5) is 11.1. The van der Waals surface area contributed by atoms with E-state index >= 15 is 0 Å². The Labute approximate surface area is 211 Å². The number of nitro groups is 1. The molecule has 0 bridgehead atoms. The Morgan fingerprint density at radius 1 is 1.11 bits per heavy atom. The van der Waals surface area contributed by atoms with Crippen molar-refractivity contribution in [2.24, 2.45) is 0 Å². The Morgan fingerprint density at radius 3 is 2.54 bits per heavy atom. The summed E-state index contributed by atoms with van der Waals surface area (Å²) in [7, 11) is 0. The zero-order chi connectivity index (χ0) is 24.9. The number of rotatable bonds is 9. The minimum absolute atomic E-state index is 0.0117. The summed E-state index contributed by atoms with van der Waals surface area (Å²) in [5.41, 5.74) is 3.04. The van der Waals surface area contributed by atoms with Crippen LogP contribution < -0.4 is 4.74 Å². The predicted octanol–water partition coefficient (Wildman–Crippen LogP) is 6.37. The number of halogens is 2. The van der Waals surface area contributed by atoms with Gasteiger partial charge in [-0.3, -0.25) is 14.7 Å². The molecule has 0 saturated heterocycles. The van der Waals surface area contributed by atoms with Gasteiger partial charge in [0.25, 0.3) is 0 Å². The van der Waals surface area contributed by atoms with Crippen molar-refractivity contribution in [2.75, 3.05) is 6.54 Å². The molecule has 0 saturated carbocycles. The van der Waals surface area contributed by atoms with E-state index in [1.54, 1.807) is 36.4 Å². The van der Waals surface area contributed by atoms with Crippen LogP contribution >= 0.6 is 23.4 Å². The highest BCUT2D eigenvalue weighted by Gasteiger charge is 2.24. The van der Waals surface area contributed by atoms with Gasteiger partial charge in [-0.2, -0.15) is 0 Å². The molecule has 180 valence electrons. The highest BCUT2D eigenvalue weighted by Crippen LogP contribution is 2.38. The Balaban J connectivity index is 1.58. The maximum absolute atomic E-state index is 13.9. The molecule has 0 radical (unpaired) electrons. The smallest absolute Gasteiger partial charge is 0.220 e. The fourth-order valence-corrected chi connectivity index (χ4v) is 4.90. The summed E-state index contributed by atoms with van der Waals surface area (Å²) in [6.45, 7) is 3.50. The van der Waals surface area contributed by atoms with Gasteiger partial charge < -0.3 is 4.74 Å². The van der Waals surface area contributed by atoms with Crippen molar-refractivity contribution < 1.29 is 14.1 Å². The van der Waals surface area contributed by atoms with Crippen LogP contribution in [0.15, 0.2) is 71.9 Å². The molecule has 35 heavy (non-hydrogen) atoms. The van der Waals surface area contributed by atoms with Crippen molar-refractivity contribution in [3.63, 3.8) is 0 Å². The molecule has 4 aromatic rings. The summed E-state index contributed by atoms with van der Waals surface area (Å²) in [5.74, 6) is 0.670. The lowest BCUT2D eigenvalue weighted by Gasteiger charge is -2.16. The van der Waals surface area contributed by atoms with Crippen molar-refractivity contribution >= 4 is 23.4 Å². The molecular weight excluding hydrogens is 491 g/mol. The van der Waals surface area contributed by atoms with Gasteiger partial charge in [-0.25, -0.2) is 4.39 Å². The van der Waals surface area contributed by atoms with E-state index in [-0.39, 0.29) is 28.9 Å². The van der Waals surface area contributed by atoms with Crippen LogP contribution in [0.3, 0.4) is 0 Å². The fraction of sp³-hybridized carbons (Fsp3) is 0.200. The molecule has 1 heterocycles. The Kier molecular flexibility index (Phi) is 7.67. The van der Waals surface area contributed by atoms with Crippen LogP contribution in [-0.4, -0.2) is 26.2 Å².